The molecule has 0 atom stereocenters. The van der Waals surface area contributed by atoms with Gasteiger partial charge < -0.3 is 14.7 Å². The first-order valence-electron chi connectivity index (χ1n) is 10.2. The summed E-state index contributed by atoms with van der Waals surface area (Å²) in [4.78, 5) is 17.0. The van der Waals surface area contributed by atoms with Crippen molar-refractivity contribution >= 4 is 34.6 Å². The molecule has 1 aliphatic heterocycles. The van der Waals surface area contributed by atoms with Crippen LogP contribution in [0.1, 0.15) is 5.56 Å². The molecular weight excluding hydrogens is 436 g/mol. The van der Waals surface area contributed by atoms with E-state index in [-0.39, 0.29) is 6.54 Å². The van der Waals surface area contributed by atoms with Crippen molar-refractivity contribution in [1.82, 2.24) is 14.7 Å². The van der Waals surface area contributed by atoms with Crippen molar-refractivity contribution in [1.29, 1.82) is 0 Å². The maximum Gasteiger partial charge on any atom is 0.325 e. The van der Waals surface area contributed by atoms with Crippen molar-refractivity contribution in [3.63, 3.8) is 0 Å². The molecule has 7 nitrogen and oxygen atoms in total. The summed E-state index contributed by atoms with van der Waals surface area (Å²) in [5.41, 5.74) is 3.03. The zero-order chi connectivity index (χ0) is 21.8. The maximum absolute atomic E-state index is 11.2. The van der Waals surface area contributed by atoms with E-state index in [0.29, 0.717) is 5.02 Å². The number of carbonyl (C=O) groups is 1. The number of hydrogen-bond donors (Lipinski definition) is 1. The highest BCUT2D eigenvalue weighted by Crippen LogP contribution is 2.32. The molecule has 0 amide bonds. The fraction of sp³-hybridized carbons (Fsp3) is 0.364. The number of carboxylic acids is 1. The number of nitrogens with zero attached hydrogens (tertiary/aromatic N) is 4. The smallest absolute Gasteiger partial charge is 0.325 e. The number of halogens is 1. The van der Waals surface area contributed by atoms with E-state index in [1.54, 1.807) is 23.1 Å². The minimum Gasteiger partial charge on any atom is -0.495 e. The third-order valence-corrected chi connectivity index (χ3v) is 6.62. The number of carboxylic acid groups (broad SMARTS) is 1. The Labute approximate surface area is 190 Å². The van der Waals surface area contributed by atoms with Gasteiger partial charge in [-0.3, -0.25) is 14.4 Å². The predicted molar refractivity (Wildman–Crippen MR) is 124 cm³/mol. The second kappa shape index (κ2) is 9.72. The predicted octanol–water partition coefficient (Wildman–Crippen LogP) is 3.72. The van der Waals surface area contributed by atoms with E-state index >= 15 is 0 Å². The molecule has 0 aliphatic carbocycles. The van der Waals surface area contributed by atoms with Gasteiger partial charge in [-0.05, 0) is 36.1 Å². The topological polar surface area (TPSA) is 70.8 Å². The summed E-state index contributed by atoms with van der Waals surface area (Å²) in [7, 11) is 1.68. The lowest BCUT2D eigenvalue weighted by atomic mass is 10.1. The lowest BCUT2D eigenvalue weighted by molar-refractivity contribution is -0.137. The van der Waals surface area contributed by atoms with Crippen LogP contribution in [0.25, 0.3) is 10.6 Å². The Morgan fingerprint density at radius 2 is 2.06 bits per heavy atom. The maximum atomic E-state index is 11.2. The molecule has 0 unspecified atom stereocenters. The number of thiophene rings is 1. The number of piperazine rings is 1. The second-order valence-electron chi connectivity index (χ2n) is 7.44. The van der Waals surface area contributed by atoms with Gasteiger partial charge in [0.25, 0.3) is 0 Å². The van der Waals surface area contributed by atoms with Gasteiger partial charge >= 0.3 is 5.97 Å². The first-order chi connectivity index (χ1) is 15.0. The summed E-state index contributed by atoms with van der Waals surface area (Å²) in [6.07, 6.45) is 2.64. The average Bonchev–Trinajstić information content (AvgIpc) is 3.42. The molecule has 0 bridgehead atoms. The largest absolute Gasteiger partial charge is 0.495 e. The molecule has 0 saturated carbocycles. The van der Waals surface area contributed by atoms with E-state index in [1.807, 2.05) is 41.9 Å². The average molecular weight is 461 g/mol. The van der Waals surface area contributed by atoms with E-state index in [2.05, 4.69) is 14.9 Å². The van der Waals surface area contributed by atoms with E-state index in [0.717, 1.165) is 66.7 Å². The standard InChI is InChI=1S/C22H25ClN4O3S/c1-30-19-5-4-17(23)13-18(19)26-10-8-25(9-11-26)7-6-16-14-24-27(15-21(28)29)22(16)20-3-2-12-31-20/h2-5,12-14H,6-11,15H2,1H3,(H,28,29). The molecule has 2 aromatic heterocycles. The van der Waals surface area contributed by atoms with Crippen molar-refractivity contribution in [2.45, 2.75) is 13.0 Å². The number of hydrogen-bond acceptors (Lipinski definition) is 6. The van der Waals surface area contributed by atoms with Crippen molar-refractivity contribution in [2.75, 3.05) is 44.7 Å². The molecule has 0 spiro atoms. The van der Waals surface area contributed by atoms with Crippen LogP contribution in [0, 0.1) is 0 Å². The lowest BCUT2D eigenvalue weighted by Gasteiger charge is -2.36. The number of anilines is 1. The molecule has 164 valence electrons. The number of benzene rings is 1. The molecule has 9 heteroatoms. The quantitative estimate of drug-likeness (QED) is 0.552. The van der Waals surface area contributed by atoms with Crippen LogP contribution in [-0.2, 0) is 17.8 Å². The van der Waals surface area contributed by atoms with Crippen LogP contribution in [-0.4, -0.2) is 65.6 Å². The number of rotatable bonds is 8. The van der Waals surface area contributed by atoms with Crippen molar-refractivity contribution in [2.24, 2.45) is 0 Å². The van der Waals surface area contributed by atoms with Crippen LogP contribution < -0.4 is 9.64 Å². The van der Waals surface area contributed by atoms with Crippen molar-refractivity contribution < 1.29 is 14.6 Å². The molecule has 3 aromatic rings. The molecule has 0 radical (unpaired) electrons. The molecule has 1 aliphatic rings. The van der Waals surface area contributed by atoms with Gasteiger partial charge in [0.2, 0.25) is 0 Å². The highest BCUT2D eigenvalue weighted by molar-refractivity contribution is 7.13. The third-order valence-electron chi connectivity index (χ3n) is 5.51. The monoisotopic (exact) mass is 460 g/mol. The van der Waals surface area contributed by atoms with Gasteiger partial charge in [-0.25, -0.2) is 0 Å². The van der Waals surface area contributed by atoms with Gasteiger partial charge in [0.1, 0.15) is 12.3 Å². The summed E-state index contributed by atoms with van der Waals surface area (Å²) in [5.74, 6) is -0.0516. The summed E-state index contributed by atoms with van der Waals surface area (Å²) >= 11 is 7.80. The van der Waals surface area contributed by atoms with E-state index in [1.165, 1.54) is 0 Å². The van der Waals surface area contributed by atoms with Crippen LogP contribution in [0.2, 0.25) is 5.02 Å². The summed E-state index contributed by atoms with van der Waals surface area (Å²) in [6, 6.07) is 9.70. The molecule has 31 heavy (non-hydrogen) atoms. The Balaban J connectivity index is 1.40. The van der Waals surface area contributed by atoms with E-state index in [9.17, 15) is 9.90 Å². The van der Waals surface area contributed by atoms with Gasteiger partial charge in [-0.2, -0.15) is 5.10 Å². The summed E-state index contributed by atoms with van der Waals surface area (Å²) < 4.78 is 7.09. The SMILES string of the molecule is COc1ccc(Cl)cc1N1CCN(CCc2cnn(CC(=O)O)c2-c2cccs2)CC1. The number of aromatic nitrogens is 2. The fourth-order valence-corrected chi connectivity index (χ4v) is 4.93. The fourth-order valence-electron chi connectivity index (χ4n) is 3.95. The molecule has 1 saturated heterocycles. The highest BCUT2D eigenvalue weighted by atomic mass is 35.5. The van der Waals surface area contributed by atoms with Crippen LogP contribution >= 0.6 is 22.9 Å². The Kier molecular flexibility index (Phi) is 6.80. The van der Waals surface area contributed by atoms with Crippen molar-refractivity contribution in [3.05, 3.63) is 52.5 Å². The minimum atomic E-state index is -0.889. The number of aliphatic carboxylic acids is 1. The van der Waals surface area contributed by atoms with Crippen LogP contribution in [0.5, 0.6) is 5.75 Å². The van der Waals surface area contributed by atoms with Crippen molar-refractivity contribution in [3.8, 4) is 16.3 Å². The van der Waals surface area contributed by atoms with Gasteiger partial charge in [0.15, 0.2) is 0 Å². The molecule has 1 aromatic carbocycles. The molecule has 1 fully saturated rings. The summed E-state index contributed by atoms with van der Waals surface area (Å²) in [6.45, 7) is 4.44. The van der Waals surface area contributed by atoms with Gasteiger partial charge in [-0.1, -0.05) is 17.7 Å². The Morgan fingerprint density at radius 3 is 2.74 bits per heavy atom. The molecule has 4 rings (SSSR count). The Bertz CT molecular complexity index is 1030. The van der Waals surface area contributed by atoms with Gasteiger partial charge in [-0.15, -0.1) is 11.3 Å². The summed E-state index contributed by atoms with van der Waals surface area (Å²) in [5, 5.41) is 16.3. The number of ether oxygens (including phenoxy) is 1. The first kappa shape index (κ1) is 21.7. The van der Waals surface area contributed by atoms with Crippen LogP contribution in [0.4, 0.5) is 5.69 Å². The van der Waals surface area contributed by atoms with Gasteiger partial charge in [0.05, 0.1) is 29.6 Å². The Hall–Kier alpha value is -2.55. The van der Waals surface area contributed by atoms with E-state index < -0.39 is 5.97 Å². The lowest BCUT2D eigenvalue weighted by Crippen LogP contribution is -2.47. The molecule has 3 heterocycles. The van der Waals surface area contributed by atoms with Crippen LogP contribution in [0.15, 0.2) is 41.9 Å². The second-order valence-corrected chi connectivity index (χ2v) is 8.83. The highest BCUT2D eigenvalue weighted by Gasteiger charge is 2.21. The van der Waals surface area contributed by atoms with Gasteiger partial charge in [0, 0.05) is 43.3 Å². The molecular formula is C22H25ClN4O3S. The third kappa shape index (κ3) is 5.03. The van der Waals surface area contributed by atoms with E-state index in [4.69, 9.17) is 16.3 Å². The minimum absolute atomic E-state index is 0.132. The molecule has 1 N–H and O–H groups in total. The zero-order valence-electron chi connectivity index (χ0n) is 17.3. The first-order valence-corrected chi connectivity index (χ1v) is 11.4. The number of methoxy groups -OCH3 is 1. The van der Waals surface area contributed by atoms with Crippen LogP contribution in [0.3, 0.4) is 0 Å². The Morgan fingerprint density at radius 1 is 1.26 bits per heavy atom. The normalized spacial score (nSPS) is 14.7. The zero-order valence-corrected chi connectivity index (χ0v) is 18.9.